The fourth-order valence-corrected chi connectivity index (χ4v) is 13.1. The van der Waals surface area contributed by atoms with Crippen LogP contribution in [0.3, 0.4) is 0 Å². The Morgan fingerprint density at radius 3 is 0.738 bits per heavy atom. The van der Waals surface area contributed by atoms with Crippen LogP contribution in [-0.4, -0.2) is 116 Å². The molecule has 36 heteroatoms. The third kappa shape index (κ3) is 21.1. The van der Waals surface area contributed by atoms with E-state index in [0.717, 1.165) is 93.1 Å². The van der Waals surface area contributed by atoms with Gasteiger partial charge in [0.25, 0.3) is 0 Å². The maximum absolute atomic E-state index is 13.2. The van der Waals surface area contributed by atoms with Crippen molar-refractivity contribution in [2.45, 2.75) is 156 Å². The minimum atomic E-state index is -4.71. The molecule has 0 spiro atoms. The third-order valence-corrected chi connectivity index (χ3v) is 19.9. The van der Waals surface area contributed by atoms with E-state index < -0.39 is 40.2 Å². The SMILES string of the molecule is CC(C)(C)c1nc[c-]n1-c1cccc(C(C)(C)c2cccc(-n3[c-]cnc3C(C)(C)C)n2)n1.CC(C)(c1cccc(-n2[c-]cnc2C(F)(F)F)n1)c1cccc(-n2[c-]cnc2C(F)(F)F)n1.Cc1nc[c-]n1-c1cccc(C(C)(C)c2cccc(-n3[c-]cnc3C)n2)n1.[C-]#[N+]c1nc[c-]n1-c1cccc(C(C)(C)c2cccc(-n3[c-]cnc3C#N)n2)n1.[Pt+2].[Pt+2].[Pt+2].[Pt+2]. The van der Waals surface area contributed by atoms with Crippen LogP contribution in [0.1, 0.15) is 183 Å². The molecule has 0 bridgehead atoms. The summed E-state index contributed by atoms with van der Waals surface area (Å²) in [7, 11) is 0. The van der Waals surface area contributed by atoms with Gasteiger partial charge in [0, 0.05) is 137 Å². The quantitative estimate of drug-likeness (QED) is 0.0642. The Bertz CT molecular complexity index is 5910. The number of aryl methyl sites for hydroxylation is 2. The smallest absolute Gasteiger partial charge is 0.451 e. The van der Waals surface area contributed by atoms with Gasteiger partial charge in [-0.1, -0.05) is 196 Å². The number of pyridine rings is 8. The van der Waals surface area contributed by atoms with E-state index in [-0.39, 0.29) is 124 Å². The molecular formula is C90H80F6N26Pt4. The number of halogens is 6. The molecule has 0 atom stereocenters. The molecule has 0 saturated heterocycles. The van der Waals surface area contributed by atoms with Crippen LogP contribution in [0.2, 0.25) is 0 Å². The normalized spacial score (nSPS) is 11.8. The fourth-order valence-electron chi connectivity index (χ4n) is 13.1. The van der Waals surface area contributed by atoms with Gasteiger partial charge >= 0.3 is 103 Å². The van der Waals surface area contributed by atoms with Crippen molar-refractivity contribution in [2.24, 2.45) is 0 Å². The van der Waals surface area contributed by atoms with Gasteiger partial charge < -0.3 is 76.3 Å². The van der Waals surface area contributed by atoms with Gasteiger partial charge in [0.2, 0.25) is 0 Å². The Labute approximate surface area is 782 Å². The van der Waals surface area contributed by atoms with E-state index in [9.17, 15) is 31.6 Å². The van der Waals surface area contributed by atoms with Crippen LogP contribution in [0.15, 0.2) is 195 Å². The molecule has 26 nitrogen and oxygen atoms in total. The molecule has 0 amide bonds. The van der Waals surface area contributed by atoms with Gasteiger partial charge in [-0.2, -0.15) is 26.3 Å². The third-order valence-electron chi connectivity index (χ3n) is 19.9. The number of alkyl halides is 6. The molecule has 16 heterocycles. The molecule has 652 valence electrons. The van der Waals surface area contributed by atoms with Gasteiger partial charge in [-0.05, 0) is 158 Å². The molecule has 0 N–H and O–H groups in total. The van der Waals surface area contributed by atoms with Crippen molar-refractivity contribution in [3.63, 3.8) is 0 Å². The predicted octanol–water partition coefficient (Wildman–Crippen LogP) is 16.8. The van der Waals surface area contributed by atoms with Crippen molar-refractivity contribution in [3.05, 3.63) is 342 Å². The Balaban J connectivity index is 0.000000189. The molecule has 16 aromatic rings. The summed E-state index contributed by atoms with van der Waals surface area (Å²) in [4.78, 5) is 73.3. The average Bonchev–Trinajstić information content (AvgIpc) is 1.47. The van der Waals surface area contributed by atoms with E-state index in [1.807, 2.05) is 137 Å². The summed E-state index contributed by atoms with van der Waals surface area (Å²) in [5.74, 6) is 5.79. The summed E-state index contributed by atoms with van der Waals surface area (Å²) < 4.78 is 91.4. The number of nitrogens with zero attached hydrogens (tertiary/aromatic N) is 26. The van der Waals surface area contributed by atoms with E-state index in [2.05, 4.69) is 186 Å². The van der Waals surface area contributed by atoms with Crippen molar-refractivity contribution in [1.29, 1.82) is 5.26 Å². The number of imidazole rings is 8. The minimum absolute atomic E-state index is 0. The van der Waals surface area contributed by atoms with Crippen LogP contribution in [-0.2, 0) is 129 Å². The van der Waals surface area contributed by atoms with E-state index >= 15 is 0 Å². The molecule has 0 aliphatic rings. The maximum Gasteiger partial charge on any atom is 2.00 e. The molecule has 0 saturated carbocycles. The van der Waals surface area contributed by atoms with Gasteiger partial charge in [-0.25, -0.2) is 5.26 Å². The second-order valence-corrected chi connectivity index (χ2v) is 32.1. The van der Waals surface area contributed by atoms with E-state index in [4.69, 9.17) is 36.5 Å². The zero-order valence-corrected chi connectivity index (χ0v) is 79.7. The summed E-state index contributed by atoms with van der Waals surface area (Å²) in [5, 5.41) is 9.22. The molecule has 0 unspecified atom stereocenters. The van der Waals surface area contributed by atoms with Gasteiger partial charge in [0.15, 0.2) is 0 Å². The van der Waals surface area contributed by atoms with Crippen molar-refractivity contribution in [1.82, 2.24) is 116 Å². The molecule has 0 aliphatic heterocycles. The van der Waals surface area contributed by atoms with E-state index in [1.165, 1.54) is 45.8 Å². The summed E-state index contributed by atoms with van der Waals surface area (Å²) in [5.41, 5.74) is 3.37. The topological polar surface area (TPSA) is 274 Å². The Kier molecular flexibility index (Phi) is 30.6. The summed E-state index contributed by atoms with van der Waals surface area (Å²) >= 11 is 0. The van der Waals surface area contributed by atoms with Crippen molar-refractivity contribution >= 4 is 5.95 Å². The van der Waals surface area contributed by atoms with Gasteiger partial charge in [-0.3, -0.25) is 39.9 Å². The molecule has 16 rings (SSSR count). The van der Waals surface area contributed by atoms with Crippen molar-refractivity contribution < 1.29 is 111 Å². The van der Waals surface area contributed by atoms with Gasteiger partial charge in [0.1, 0.15) is 17.5 Å². The molecular weight excluding hydrogens is 2340 g/mol. The number of aromatic nitrogens is 24. The Hall–Kier alpha value is -11.8. The van der Waals surface area contributed by atoms with Crippen LogP contribution in [0, 0.1) is 81.3 Å². The molecule has 0 aromatic carbocycles. The first-order valence-corrected chi connectivity index (χ1v) is 38.1. The molecule has 126 heavy (non-hydrogen) atoms. The molecule has 0 fully saturated rings. The van der Waals surface area contributed by atoms with Crippen molar-refractivity contribution in [2.75, 3.05) is 0 Å². The van der Waals surface area contributed by atoms with Crippen LogP contribution >= 0.6 is 0 Å². The number of hydrogen-bond donors (Lipinski definition) is 0. The van der Waals surface area contributed by atoms with Crippen molar-refractivity contribution in [3.8, 4) is 52.6 Å². The number of nitriles is 1. The summed E-state index contributed by atoms with van der Waals surface area (Å²) in [6.07, 6.45) is 25.1. The first-order chi connectivity index (χ1) is 57.8. The van der Waals surface area contributed by atoms with E-state index in [0.29, 0.717) is 32.2 Å². The summed E-state index contributed by atoms with van der Waals surface area (Å²) in [6, 6.07) is 46.3. The second kappa shape index (κ2) is 39.4. The zero-order valence-electron chi connectivity index (χ0n) is 70.6. The van der Waals surface area contributed by atoms with Crippen LogP contribution in [0.4, 0.5) is 32.3 Å². The Morgan fingerprint density at radius 1 is 0.286 bits per heavy atom. The van der Waals surface area contributed by atoms with Crippen LogP contribution in [0.5, 0.6) is 0 Å². The standard InChI is InChI=1S/C27H32N6.C21H14F6N6.C21H14N8.C21H20N6.4Pt/c1-25(2,3)23-28-15-17-32(23)21-13-9-11-19(30-21)27(7,8)20-12-10-14-22(31-20)33-18-16-29-24(33)26(4,5)6;1-19(2,13-5-3-7-15(30-13)32-11-9-28-17(32)20(22,23)24)14-6-4-8-16(31-14)33-12-10-29-18(33)21(25,26)27;1-21(2,15-6-4-8-17(26-15)28-12-10-24-19(28)14-22)16-7-5-9-18(27-16)29-13-11-25-20(29)23-3;1-15-22-11-13-26(15)19-9-5-7-17(24-19)21(3,4)18-8-6-10-20(25-18)27-14-12-23-16(27)2;;;;/h9-16H,1-8H3;3-10H,1-2H3;4-11H,1-2H3;5-12H,1-4H3;;;;/q4*-2;4*+2. The number of hydrogen-bond acceptors (Lipinski definition) is 17. The minimum Gasteiger partial charge on any atom is -0.451 e. The van der Waals surface area contributed by atoms with Gasteiger partial charge in [-0.15, -0.1) is 11.6 Å². The maximum atomic E-state index is 13.2. The predicted molar refractivity (Wildman–Crippen MR) is 438 cm³/mol. The Morgan fingerprint density at radius 2 is 0.492 bits per heavy atom. The first-order valence-electron chi connectivity index (χ1n) is 38.1. The monoisotopic (exact) mass is 2420 g/mol. The van der Waals surface area contributed by atoms with Gasteiger partial charge in [0.05, 0.1) is 18.1 Å². The fraction of sp³-hybridized carbons (Fsp3) is 0.267. The second-order valence-electron chi connectivity index (χ2n) is 32.1. The molecule has 0 aliphatic carbocycles. The largest absolute Gasteiger partial charge is 2.00 e. The van der Waals surface area contributed by atoms with Crippen LogP contribution in [0.25, 0.3) is 51.4 Å². The van der Waals surface area contributed by atoms with E-state index in [1.54, 1.807) is 62.9 Å². The zero-order chi connectivity index (χ0) is 87.5. The summed E-state index contributed by atoms with van der Waals surface area (Å²) in [6.45, 7) is 39.9. The molecule has 0 radical (unpaired) electrons. The number of rotatable bonds is 16. The molecule has 16 aromatic heterocycles. The van der Waals surface area contributed by atoms with Crippen LogP contribution < -0.4 is 0 Å². The average molecular weight is 2420 g/mol. The first kappa shape index (κ1) is 98.0.